The van der Waals surface area contributed by atoms with E-state index in [4.69, 9.17) is 11.6 Å². The van der Waals surface area contributed by atoms with Crippen molar-refractivity contribution in [2.45, 2.75) is 25.3 Å². The summed E-state index contributed by atoms with van der Waals surface area (Å²) in [6.07, 6.45) is 7.36. The van der Waals surface area contributed by atoms with Crippen LogP contribution < -0.4 is 10.2 Å². The molecular formula is C18H19ClN6O. The monoisotopic (exact) mass is 370 g/mol. The number of aromatic nitrogens is 4. The number of pyridine rings is 2. The molecule has 0 unspecified atom stereocenters. The lowest BCUT2D eigenvalue weighted by molar-refractivity contribution is -0.121. The van der Waals surface area contributed by atoms with Crippen LogP contribution in [0.3, 0.4) is 0 Å². The molecule has 0 aliphatic carbocycles. The highest BCUT2D eigenvalue weighted by Gasteiger charge is 2.23. The van der Waals surface area contributed by atoms with E-state index in [-0.39, 0.29) is 11.9 Å². The number of hydrogen-bond acceptors (Lipinski definition) is 5. The number of hydrogen-bond donors (Lipinski definition) is 1. The fourth-order valence-corrected chi connectivity index (χ4v) is 3.42. The summed E-state index contributed by atoms with van der Waals surface area (Å²) in [5.74, 6) is 0.832. The summed E-state index contributed by atoms with van der Waals surface area (Å²) >= 11 is 6.09. The predicted octanol–water partition coefficient (Wildman–Crippen LogP) is 2.11. The molecule has 4 heterocycles. The van der Waals surface area contributed by atoms with Crippen LogP contribution in [0.15, 0.2) is 42.9 Å². The van der Waals surface area contributed by atoms with Gasteiger partial charge in [0.05, 0.1) is 11.4 Å². The summed E-state index contributed by atoms with van der Waals surface area (Å²) in [5, 5.41) is 12.2. The molecule has 0 atom stereocenters. The minimum atomic E-state index is 0.0381. The van der Waals surface area contributed by atoms with Crippen molar-refractivity contribution in [3.8, 4) is 0 Å². The van der Waals surface area contributed by atoms with Crippen LogP contribution in [0.2, 0.25) is 5.02 Å². The topological polar surface area (TPSA) is 75.4 Å². The SMILES string of the molecule is O=C(Cc1cccnc1)NC1CCN(c2nnc3ccc(Cl)cn23)CC1. The van der Waals surface area contributed by atoms with Crippen LogP contribution in [0.5, 0.6) is 0 Å². The van der Waals surface area contributed by atoms with E-state index in [1.807, 2.05) is 28.8 Å². The molecule has 3 aromatic rings. The lowest BCUT2D eigenvalue weighted by Gasteiger charge is -2.32. The van der Waals surface area contributed by atoms with Gasteiger partial charge in [0.25, 0.3) is 0 Å². The summed E-state index contributed by atoms with van der Waals surface area (Å²) in [4.78, 5) is 18.4. The number of piperidine rings is 1. The molecule has 4 rings (SSSR count). The van der Waals surface area contributed by atoms with E-state index < -0.39 is 0 Å². The van der Waals surface area contributed by atoms with Crippen molar-refractivity contribution < 1.29 is 4.79 Å². The minimum absolute atomic E-state index is 0.0381. The van der Waals surface area contributed by atoms with E-state index in [9.17, 15) is 4.79 Å². The van der Waals surface area contributed by atoms with Gasteiger partial charge < -0.3 is 10.2 Å². The quantitative estimate of drug-likeness (QED) is 0.761. The molecule has 1 amide bonds. The molecule has 134 valence electrons. The Morgan fingerprint density at radius 1 is 1.23 bits per heavy atom. The first-order valence-corrected chi connectivity index (χ1v) is 9.00. The molecule has 0 spiro atoms. The van der Waals surface area contributed by atoms with Gasteiger partial charge in [0.2, 0.25) is 11.9 Å². The number of anilines is 1. The zero-order valence-corrected chi connectivity index (χ0v) is 14.9. The van der Waals surface area contributed by atoms with Gasteiger partial charge in [-0.2, -0.15) is 0 Å². The van der Waals surface area contributed by atoms with Gasteiger partial charge in [0.1, 0.15) is 0 Å². The molecule has 0 aromatic carbocycles. The molecule has 1 aliphatic heterocycles. The van der Waals surface area contributed by atoms with Crippen molar-refractivity contribution in [1.29, 1.82) is 0 Å². The first-order valence-electron chi connectivity index (χ1n) is 8.62. The van der Waals surface area contributed by atoms with Gasteiger partial charge in [-0.3, -0.25) is 14.2 Å². The largest absolute Gasteiger partial charge is 0.353 e. The van der Waals surface area contributed by atoms with Crippen molar-refractivity contribution in [2.24, 2.45) is 0 Å². The van der Waals surface area contributed by atoms with Crippen LogP contribution in [0.4, 0.5) is 5.95 Å². The Hall–Kier alpha value is -2.67. The highest BCUT2D eigenvalue weighted by Crippen LogP contribution is 2.21. The van der Waals surface area contributed by atoms with Crippen molar-refractivity contribution in [3.63, 3.8) is 0 Å². The lowest BCUT2D eigenvalue weighted by Crippen LogP contribution is -2.45. The van der Waals surface area contributed by atoms with E-state index in [2.05, 4.69) is 25.4 Å². The van der Waals surface area contributed by atoms with Crippen LogP contribution >= 0.6 is 11.6 Å². The Balaban J connectivity index is 1.35. The maximum Gasteiger partial charge on any atom is 0.231 e. The third kappa shape index (κ3) is 3.62. The van der Waals surface area contributed by atoms with Gasteiger partial charge in [-0.25, -0.2) is 0 Å². The minimum Gasteiger partial charge on any atom is -0.353 e. The predicted molar refractivity (Wildman–Crippen MR) is 99.3 cm³/mol. The van der Waals surface area contributed by atoms with Crippen molar-refractivity contribution >= 4 is 29.1 Å². The summed E-state index contributed by atoms with van der Waals surface area (Å²) in [6.45, 7) is 1.62. The Morgan fingerprint density at radius 3 is 2.85 bits per heavy atom. The van der Waals surface area contributed by atoms with Crippen LogP contribution in [0.1, 0.15) is 18.4 Å². The molecule has 1 N–H and O–H groups in total. The Bertz CT molecular complexity index is 904. The van der Waals surface area contributed by atoms with Gasteiger partial charge in [-0.15, -0.1) is 10.2 Å². The Morgan fingerprint density at radius 2 is 2.08 bits per heavy atom. The van der Waals surface area contributed by atoms with Gasteiger partial charge in [0, 0.05) is 37.7 Å². The summed E-state index contributed by atoms with van der Waals surface area (Å²) in [5.41, 5.74) is 1.70. The maximum absolute atomic E-state index is 12.2. The molecule has 1 aliphatic rings. The fraction of sp³-hybridized carbons (Fsp3) is 0.333. The average molecular weight is 371 g/mol. The van der Waals surface area contributed by atoms with E-state index in [1.165, 1.54) is 0 Å². The molecule has 0 saturated carbocycles. The third-order valence-corrected chi connectivity index (χ3v) is 4.80. The molecule has 0 bridgehead atoms. The number of halogens is 1. The molecule has 8 heteroatoms. The summed E-state index contributed by atoms with van der Waals surface area (Å²) in [7, 11) is 0. The third-order valence-electron chi connectivity index (χ3n) is 4.58. The zero-order chi connectivity index (χ0) is 17.9. The van der Waals surface area contributed by atoms with Gasteiger partial charge >= 0.3 is 0 Å². The van der Waals surface area contributed by atoms with E-state index in [1.54, 1.807) is 18.5 Å². The summed E-state index contributed by atoms with van der Waals surface area (Å²) in [6, 6.07) is 7.59. The zero-order valence-electron chi connectivity index (χ0n) is 14.2. The molecular weight excluding hydrogens is 352 g/mol. The second-order valence-electron chi connectivity index (χ2n) is 6.44. The van der Waals surface area contributed by atoms with Gasteiger partial charge in [0.15, 0.2) is 5.65 Å². The number of amides is 1. The Kier molecular flexibility index (Phi) is 4.71. The standard InChI is InChI=1S/C18H19ClN6O/c19-14-3-4-16-22-23-18(25(16)12-14)24-8-5-15(6-9-24)21-17(26)10-13-2-1-7-20-11-13/h1-4,7,11-12,15H,5-6,8-10H2,(H,21,26). The highest BCUT2D eigenvalue weighted by atomic mass is 35.5. The molecule has 1 fully saturated rings. The number of carbonyl (C=O) groups excluding carboxylic acids is 1. The first kappa shape index (κ1) is 16.8. The van der Waals surface area contributed by atoms with E-state index in [0.29, 0.717) is 11.4 Å². The number of carbonyl (C=O) groups is 1. The Labute approximate surface area is 156 Å². The van der Waals surface area contributed by atoms with Crippen LogP contribution in [0, 0.1) is 0 Å². The second kappa shape index (κ2) is 7.29. The molecule has 1 saturated heterocycles. The number of nitrogens with one attached hydrogen (secondary N) is 1. The van der Waals surface area contributed by atoms with E-state index in [0.717, 1.165) is 43.1 Å². The van der Waals surface area contributed by atoms with Crippen LogP contribution in [-0.4, -0.2) is 44.6 Å². The smallest absolute Gasteiger partial charge is 0.231 e. The molecule has 26 heavy (non-hydrogen) atoms. The van der Waals surface area contributed by atoms with Crippen molar-refractivity contribution in [1.82, 2.24) is 24.9 Å². The van der Waals surface area contributed by atoms with Crippen LogP contribution in [0.25, 0.3) is 5.65 Å². The van der Waals surface area contributed by atoms with E-state index >= 15 is 0 Å². The first-order chi connectivity index (χ1) is 12.7. The van der Waals surface area contributed by atoms with Gasteiger partial charge in [-0.1, -0.05) is 17.7 Å². The number of fused-ring (bicyclic) bond motifs is 1. The molecule has 7 nitrogen and oxygen atoms in total. The fourth-order valence-electron chi connectivity index (χ4n) is 3.26. The maximum atomic E-state index is 12.2. The highest BCUT2D eigenvalue weighted by molar-refractivity contribution is 6.30. The lowest BCUT2D eigenvalue weighted by atomic mass is 10.0. The molecule has 3 aromatic heterocycles. The van der Waals surface area contributed by atoms with Crippen molar-refractivity contribution in [2.75, 3.05) is 18.0 Å². The second-order valence-corrected chi connectivity index (χ2v) is 6.88. The normalized spacial score (nSPS) is 15.3. The van der Waals surface area contributed by atoms with Gasteiger partial charge in [-0.05, 0) is 36.6 Å². The summed E-state index contributed by atoms with van der Waals surface area (Å²) < 4.78 is 1.91. The van der Waals surface area contributed by atoms with Crippen LogP contribution in [-0.2, 0) is 11.2 Å². The van der Waals surface area contributed by atoms with Crippen molar-refractivity contribution in [3.05, 3.63) is 53.4 Å². The number of nitrogens with zero attached hydrogens (tertiary/aromatic N) is 5. The average Bonchev–Trinajstić information content (AvgIpc) is 3.06. The number of rotatable bonds is 4. The molecule has 0 radical (unpaired) electrons.